The van der Waals surface area contributed by atoms with Crippen molar-refractivity contribution in [3.63, 3.8) is 0 Å². The molecule has 0 atom stereocenters. The molecule has 2 aromatic carbocycles. The van der Waals surface area contributed by atoms with E-state index in [-0.39, 0.29) is 5.56 Å². The van der Waals surface area contributed by atoms with Gasteiger partial charge in [-0.1, -0.05) is 50.1 Å². The highest BCUT2D eigenvalue weighted by atomic mass is 79.9. The zero-order valence-corrected chi connectivity index (χ0v) is 13.9. The van der Waals surface area contributed by atoms with Gasteiger partial charge in [0.1, 0.15) is 0 Å². The van der Waals surface area contributed by atoms with Gasteiger partial charge < -0.3 is 5.11 Å². The summed E-state index contributed by atoms with van der Waals surface area (Å²) in [6, 6.07) is 11.5. The van der Waals surface area contributed by atoms with Gasteiger partial charge in [-0.05, 0) is 42.0 Å². The maximum absolute atomic E-state index is 12.1. The average Bonchev–Trinajstić information content (AvgIpc) is 2.60. The number of hydrogen-bond acceptors (Lipinski definition) is 3. The first-order valence-electron chi connectivity index (χ1n) is 5.98. The van der Waals surface area contributed by atoms with Crippen LogP contribution < -0.4 is 5.43 Å². The third kappa shape index (κ3) is 4.12. The Morgan fingerprint density at radius 3 is 2.29 bits per heavy atom. The van der Waals surface area contributed by atoms with Crippen molar-refractivity contribution in [1.29, 1.82) is 0 Å². The number of ketones is 1. The number of carbonyl (C=O) groups is 1. The van der Waals surface area contributed by atoms with Gasteiger partial charge >= 0.3 is 0 Å². The highest BCUT2D eigenvalue weighted by Crippen LogP contribution is 2.18. The molecule has 0 aliphatic carbocycles. The second-order valence-corrected chi connectivity index (χ2v) is 6.07. The maximum Gasteiger partial charge on any atom is 0.220 e. The Morgan fingerprint density at radius 1 is 1.00 bits per heavy atom. The van der Waals surface area contributed by atoms with E-state index in [1.54, 1.807) is 6.08 Å². The minimum Gasteiger partial charge on any atom is -0.504 e. The van der Waals surface area contributed by atoms with Gasteiger partial charge in [0.15, 0.2) is 11.5 Å². The predicted molar refractivity (Wildman–Crippen MR) is 89.6 cm³/mol. The molecule has 0 heterocycles. The summed E-state index contributed by atoms with van der Waals surface area (Å²) in [5, 5.41) is 9.79. The van der Waals surface area contributed by atoms with Crippen LogP contribution >= 0.6 is 31.9 Å². The Labute approximate surface area is 138 Å². The summed E-state index contributed by atoms with van der Waals surface area (Å²) in [6.45, 7) is 0. The predicted octanol–water partition coefficient (Wildman–Crippen LogP) is 4.17. The van der Waals surface area contributed by atoms with Crippen molar-refractivity contribution >= 4 is 43.7 Å². The zero-order valence-electron chi connectivity index (χ0n) is 10.7. The molecule has 1 N–H and O–H groups in total. The Kier molecular flexibility index (Phi) is 5.09. The number of aromatic hydroxyl groups is 1. The van der Waals surface area contributed by atoms with Gasteiger partial charge in [-0.25, -0.2) is 0 Å². The quantitative estimate of drug-likeness (QED) is 0.611. The third-order valence-corrected chi connectivity index (χ3v) is 3.75. The molecule has 5 heteroatoms. The molecular formula is C16H10Br2O3. The highest BCUT2D eigenvalue weighted by Gasteiger charge is 2.10. The number of benzene rings is 1. The Morgan fingerprint density at radius 2 is 1.62 bits per heavy atom. The molecule has 21 heavy (non-hydrogen) atoms. The number of carbonyl (C=O) groups excluding carboxylic acids is 1. The van der Waals surface area contributed by atoms with E-state index in [2.05, 4.69) is 31.9 Å². The van der Waals surface area contributed by atoms with Crippen LogP contribution in [0.1, 0.15) is 15.9 Å². The van der Waals surface area contributed by atoms with Crippen molar-refractivity contribution in [1.82, 2.24) is 0 Å². The topological polar surface area (TPSA) is 54.4 Å². The van der Waals surface area contributed by atoms with Gasteiger partial charge in [-0.3, -0.25) is 9.59 Å². The van der Waals surface area contributed by atoms with Crippen LogP contribution in [0, 0.1) is 0 Å². The molecule has 2 rings (SSSR count). The van der Waals surface area contributed by atoms with E-state index >= 15 is 0 Å². The fourth-order valence-electron chi connectivity index (χ4n) is 1.64. The molecule has 106 valence electrons. The van der Waals surface area contributed by atoms with Crippen molar-refractivity contribution < 1.29 is 9.90 Å². The standard InChI is InChI=1S/C16H10Br2O3/c17-11-4-1-10(2-5-11)3-7-14(19)13-9-12(18)6-8-15(20)16(13)21/h1-9H,(H,20,21). The molecule has 0 aliphatic heterocycles. The fourth-order valence-corrected chi connectivity index (χ4v) is 2.27. The lowest BCUT2D eigenvalue weighted by molar-refractivity contribution is 0.104. The normalized spacial score (nSPS) is 10.8. The lowest BCUT2D eigenvalue weighted by atomic mass is 10.1. The summed E-state index contributed by atoms with van der Waals surface area (Å²) < 4.78 is 1.49. The monoisotopic (exact) mass is 408 g/mol. The number of rotatable bonds is 3. The Balaban J connectivity index is 2.35. The molecule has 0 radical (unpaired) electrons. The van der Waals surface area contributed by atoms with Crippen molar-refractivity contribution in [2.24, 2.45) is 0 Å². The molecule has 0 spiro atoms. The van der Waals surface area contributed by atoms with Crippen molar-refractivity contribution in [3.8, 4) is 5.75 Å². The molecule has 0 aliphatic rings. The second-order valence-electron chi connectivity index (χ2n) is 4.24. The van der Waals surface area contributed by atoms with Gasteiger partial charge in [0.05, 0.1) is 5.56 Å². The van der Waals surface area contributed by atoms with Crippen LogP contribution in [0.3, 0.4) is 0 Å². The van der Waals surface area contributed by atoms with Crippen molar-refractivity contribution in [2.75, 3.05) is 0 Å². The Bertz CT molecular complexity index is 765. The van der Waals surface area contributed by atoms with Crippen LogP contribution in [0.15, 0.2) is 62.3 Å². The highest BCUT2D eigenvalue weighted by molar-refractivity contribution is 9.10. The molecule has 0 fully saturated rings. The van der Waals surface area contributed by atoms with E-state index < -0.39 is 17.0 Å². The largest absolute Gasteiger partial charge is 0.504 e. The van der Waals surface area contributed by atoms with Crippen LogP contribution in [0.5, 0.6) is 5.75 Å². The number of halogens is 2. The molecule has 0 saturated heterocycles. The Hall–Kier alpha value is -1.72. The summed E-state index contributed by atoms with van der Waals surface area (Å²) in [6.07, 6.45) is 2.95. The van der Waals surface area contributed by atoms with Crippen molar-refractivity contribution in [3.05, 3.63) is 78.8 Å². The van der Waals surface area contributed by atoms with E-state index in [0.717, 1.165) is 10.0 Å². The molecule has 0 amide bonds. The van der Waals surface area contributed by atoms with E-state index in [1.807, 2.05) is 24.3 Å². The summed E-state index contributed by atoms with van der Waals surface area (Å²) in [5.74, 6) is -0.990. The SMILES string of the molecule is O=C(C=Cc1ccc(Br)cc1)c1cc(Br)ccc(=O)c1O. The molecule has 3 nitrogen and oxygen atoms in total. The van der Waals surface area contributed by atoms with E-state index in [4.69, 9.17) is 0 Å². The zero-order chi connectivity index (χ0) is 15.4. The van der Waals surface area contributed by atoms with E-state index in [0.29, 0.717) is 4.47 Å². The van der Waals surface area contributed by atoms with Crippen LogP contribution in [0.25, 0.3) is 6.08 Å². The van der Waals surface area contributed by atoms with E-state index in [1.165, 1.54) is 24.3 Å². The van der Waals surface area contributed by atoms with Gasteiger partial charge in [-0.15, -0.1) is 0 Å². The number of allylic oxidation sites excluding steroid dienone is 1. The van der Waals surface area contributed by atoms with Crippen LogP contribution in [0.2, 0.25) is 0 Å². The third-order valence-electron chi connectivity index (χ3n) is 2.73. The van der Waals surface area contributed by atoms with Crippen LogP contribution in [-0.4, -0.2) is 10.9 Å². The number of hydrogen-bond donors (Lipinski definition) is 1. The first-order valence-corrected chi connectivity index (χ1v) is 7.57. The molecule has 0 unspecified atom stereocenters. The minimum absolute atomic E-state index is 0.0368. The smallest absolute Gasteiger partial charge is 0.220 e. The average molecular weight is 410 g/mol. The van der Waals surface area contributed by atoms with Crippen LogP contribution in [-0.2, 0) is 0 Å². The lowest BCUT2D eigenvalue weighted by Gasteiger charge is -1.96. The fraction of sp³-hybridized carbons (Fsp3) is 0. The minimum atomic E-state index is -0.596. The first-order chi connectivity index (χ1) is 9.97. The van der Waals surface area contributed by atoms with Crippen molar-refractivity contribution in [2.45, 2.75) is 0 Å². The lowest BCUT2D eigenvalue weighted by Crippen LogP contribution is -2.01. The summed E-state index contributed by atoms with van der Waals surface area (Å²) in [4.78, 5) is 23.7. The molecule has 2 aromatic rings. The van der Waals surface area contributed by atoms with Gasteiger partial charge in [0.25, 0.3) is 0 Å². The summed E-state index contributed by atoms with van der Waals surface area (Å²) in [5.41, 5.74) is 0.207. The molecule has 0 saturated carbocycles. The van der Waals surface area contributed by atoms with Gasteiger partial charge in [-0.2, -0.15) is 0 Å². The second kappa shape index (κ2) is 6.83. The molecule has 0 bridgehead atoms. The van der Waals surface area contributed by atoms with Gasteiger partial charge in [0.2, 0.25) is 5.43 Å². The van der Waals surface area contributed by atoms with Gasteiger partial charge in [0, 0.05) is 8.95 Å². The maximum atomic E-state index is 12.1. The summed E-state index contributed by atoms with van der Waals surface area (Å²) in [7, 11) is 0. The molecule has 0 aromatic heterocycles. The van der Waals surface area contributed by atoms with E-state index in [9.17, 15) is 14.7 Å². The molecular weight excluding hydrogens is 400 g/mol. The first kappa shape index (κ1) is 15.7. The summed E-state index contributed by atoms with van der Waals surface area (Å²) >= 11 is 6.53. The van der Waals surface area contributed by atoms with Crippen LogP contribution in [0.4, 0.5) is 0 Å².